The Morgan fingerprint density at radius 1 is 0.481 bits per heavy atom. The van der Waals surface area contributed by atoms with Gasteiger partial charge < -0.3 is 4.57 Å². The fraction of sp³-hybridized carbons (Fsp3) is 0.245. The van der Waals surface area contributed by atoms with Crippen molar-refractivity contribution in [2.24, 2.45) is 0 Å². The predicted molar refractivity (Wildman–Crippen MR) is 224 cm³/mol. The van der Waals surface area contributed by atoms with Crippen LogP contribution in [0.3, 0.4) is 0 Å². The molecule has 0 aliphatic carbocycles. The number of rotatable bonds is 7. The predicted octanol–water partition coefficient (Wildman–Crippen LogP) is 13.2. The Balaban J connectivity index is 1.49. The van der Waals surface area contributed by atoms with Gasteiger partial charge in [0.1, 0.15) is 18.0 Å². The number of nitriles is 2. The number of pyridine rings is 1. The second-order valence-corrected chi connectivity index (χ2v) is 15.9. The number of hydrogen-bond donors (Lipinski definition) is 0. The first-order valence-corrected chi connectivity index (χ1v) is 19.1. The number of aromatic nitrogens is 3. The van der Waals surface area contributed by atoms with Crippen LogP contribution in [0.1, 0.15) is 112 Å². The monoisotopic (exact) mass is 703 g/mol. The van der Waals surface area contributed by atoms with Gasteiger partial charge in [-0.3, -0.25) is 4.57 Å². The fourth-order valence-electron chi connectivity index (χ4n) is 8.00. The molecule has 8 aromatic rings. The topological polar surface area (TPSA) is 70.3 Å². The van der Waals surface area contributed by atoms with Crippen LogP contribution in [0.25, 0.3) is 66.2 Å². The second-order valence-electron chi connectivity index (χ2n) is 15.9. The van der Waals surface area contributed by atoms with E-state index in [4.69, 9.17) is 4.98 Å². The van der Waals surface area contributed by atoms with Crippen LogP contribution in [0.15, 0.2) is 103 Å². The lowest BCUT2D eigenvalue weighted by atomic mass is 9.95. The first-order chi connectivity index (χ1) is 26.0. The molecule has 5 heteroatoms. The average molecular weight is 704 g/mol. The first-order valence-electron chi connectivity index (χ1n) is 19.1. The zero-order valence-electron chi connectivity index (χ0n) is 32.4. The molecule has 0 bridgehead atoms. The van der Waals surface area contributed by atoms with Crippen molar-refractivity contribution >= 4 is 43.6 Å². The molecule has 0 amide bonds. The molecular formula is C49H45N5. The SMILES string of the molecule is CC(C)c1ccc2c(c1)c1cc(C(C)C)ccc1n2-c1cc(-c2cccc(C#N)c2C#N)c(-n2c3ccc(C(C)C)cc3c3cc(C(C)C)ccc32)cn1. The molecule has 0 aliphatic rings. The van der Waals surface area contributed by atoms with Gasteiger partial charge in [0.15, 0.2) is 0 Å². The third-order valence-corrected chi connectivity index (χ3v) is 11.2. The highest BCUT2D eigenvalue weighted by molar-refractivity contribution is 6.11. The summed E-state index contributed by atoms with van der Waals surface area (Å²) in [5.74, 6) is 2.29. The van der Waals surface area contributed by atoms with Crippen LogP contribution in [0.4, 0.5) is 0 Å². The van der Waals surface area contributed by atoms with Gasteiger partial charge in [-0.05, 0) is 107 Å². The van der Waals surface area contributed by atoms with Gasteiger partial charge in [0.25, 0.3) is 0 Å². The van der Waals surface area contributed by atoms with Crippen LogP contribution in [0, 0.1) is 22.7 Å². The van der Waals surface area contributed by atoms with Crippen LogP contribution < -0.4 is 0 Å². The molecule has 5 nitrogen and oxygen atoms in total. The van der Waals surface area contributed by atoms with Gasteiger partial charge in [0.2, 0.25) is 0 Å². The Kier molecular flexibility index (Phi) is 8.63. The molecule has 266 valence electrons. The van der Waals surface area contributed by atoms with Crippen molar-refractivity contribution in [1.29, 1.82) is 10.5 Å². The fourth-order valence-corrected chi connectivity index (χ4v) is 8.00. The van der Waals surface area contributed by atoms with Crippen molar-refractivity contribution in [2.75, 3.05) is 0 Å². The van der Waals surface area contributed by atoms with Gasteiger partial charge >= 0.3 is 0 Å². The van der Waals surface area contributed by atoms with Crippen LogP contribution >= 0.6 is 0 Å². The lowest BCUT2D eigenvalue weighted by molar-refractivity contribution is 0.868. The van der Waals surface area contributed by atoms with Gasteiger partial charge in [-0.15, -0.1) is 0 Å². The molecular weight excluding hydrogens is 659 g/mol. The molecule has 0 saturated heterocycles. The van der Waals surface area contributed by atoms with Crippen LogP contribution in [0.2, 0.25) is 0 Å². The van der Waals surface area contributed by atoms with Crippen LogP contribution in [-0.4, -0.2) is 14.1 Å². The molecule has 0 fully saturated rings. The van der Waals surface area contributed by atoms with Crippen molar-refractivity contribution < 1.29 is 0 Å². The zero-order valence-corrected chi connectivity index (χ0v) is 32.4. The Morgan fingerprint density at radius 3 is 1.30 bits per heavy atom. The highest BCUT2D eigenvalue weighted by Gasteiger charge is 2.23. The van der Waals surface area contributed by atoms with E-state index in [0.717, 1.165) is 39.1 Å². The lowest BCUT2D eigenvalue weighted by Gasteiger charge is -2.18. The normalized spacial score (nSPS) is 12.0. The Labute approximate surface area is 317 Å². The number of hydrogen-bond acceptors (Lipinski definition) is 3. The van der Waals surface area contributed by atoms with Crippen molar-refractivity contribution in [3.05, 3.63) is 137 Å². The lowest BCUT2D eigenvalue weighted by Crippen LogP contribution is -2.04. The van der Waals surface area contributed by atoms with E-state index in [9.17, 15) is 10.5 Å². The average Bonchev–Trinajstić information content (AvgIpc) is 3.68. The van der Waals surface area contributed by atoms with Crippen molar-refractivity contribution in [3.8, 4) is 34.8 Å². The summed E-state index contributed by atoms with van der Waals surface area (Å²) in [7, 11) is 0. The molecule has 0 unspecified atom stereocenters. The van der Waals surface area contributed by atoms with Gasteiger partial charge in [-0.2, -0.15) is 10.5 Å². The minimum absolute atomic E-state index is 0.351. The van der Waals surface area contributed by atoms with E-state index < -0.39 is 0 Å². The quantitative estimate of drug-likeness (QED) is 0.166. The van der Waals surface area contributed by atoms with Crippen LogP contribution in [-0.2, 0) is 0 Å². The molecule has 3 heterocycles. The minimum atomic E-state index is 0.351. The maximum absolute atomic E-state index is 10.6. The van der Waals surface area contributed by atoms with E-state index in [0.29, 0.717) is 40.4 Å². The summed E-state index contributed by atoms with van der Waals surface area (Å²) in [6.07, 6.45) is 1.96. The molecule has 0 N–H and O–H groups in total. The number of benzene rings is 5. The summed E-state index contributed by atoms with van der Waals surface area (Å²) in [5.41, 5.74) is 12.5. The molecule has 0 radical (unpaired) electrons. The highest BCUT2D eigenvalue weighted by Crippen LogP contribution is 2.41. The Hall–Kier alpha value is -6.17. The summed E-state index contributed by atoms with van der Waals surface area (Å²) < 4.78 is 4.54. The largest absolute Gasteiger partial charge is 0.307 e. The van der Waals surface area contributed by atoms with Crippen LogP contribution in [0.5, 0.6) is 0 Å². The van der Waals surface area contributed by atoms with Gasteiger partial charge in [-0.25, -0.2) is 4.98 Å². The Bertz CT molecular complexity index is 2730. The third-order valence-electron chi connectivity index (χ3n) is 11.2. The number of fused-ring (bicyclic) bond motifs is 6. The van der Waals surface area contributed by atoms with Crippen molar-refractivity contribution in [1.82, 2.24) is 14.1 Å². The van der Waals surface area contributed by atoms with Crippen molar-refractivity contribution in [3.63, 3.8) is 0 Å². The second kappa shape index (κ2) is 13.4. The first kappa shape index (κ1) is 34.9. The number of nitrogens with zero attached hydrogens (tertiary/aromatic N) is 5. The molecule has 5 aromatic carbocycles. The van der Waals surface area contributed by atoms with Crippen molar-refractivity contribution in [2.45, 2.75) is 79.1 Å². The summed E-state index contributed by atoms with van der Waals surface area (Å²) in [6, 6.07) is 39.4. The van der Waals surface area contributed by atoms with E-state index in [1.54, 1.807) is 6.07 Å². The molecule has 3 aromatic heterocycles. The molecule has 0 spiro atoms. The maximum Gasteiger partial charge on any atom is 0.138 e. The molecule has 0 atom stereocenters. The van der Waals surface area contributed by atoms with E-state index in [1.165, 1.54) is 43.8 Å². The van der Waals surface area contributed by atoms with Gasteiger partial charge in [0.05, 0.1) is 45.1 Å². The minimum Gasteiger partial charge on any atom is -0.307 e. The smallest absolute Gasteiger partial charge is 0.138 e. The van der Waals surface area contributed by atoms with E-state index >= 15 is 0 Å². The zero-order chi connectivity index (χ0) is 38.0. The summed E-state index contributed by atoms with van der Waals surface area (Å²) in [4.78, 5) is 5.28. The van der Waals surface area contributed by atoms with E-state index in [-0.39, 0.29) is 0 Å². The van der Waals surface area contributed by atoms with E-state index in [1.807, 2.05) is 18.3 Å². The molecule has 0 aliphatic heterocycles. The standard InChI is InChI=1S/C49H45N5/c1-28(2)32-12-16-44-38(20-32)39-21-33(29(3)4)13-17-45(39)53(44)48-27-52-49(24-42(48)37-11-9-10-36(25-50)43(37)26-51)54-46-18-14-34(30(5)6)22-40(46)41-23-35(31(7)8)15-19-47(41)54/h9-24,27-31H,1-8H3. The molecule has 8 rings (SSSR count). The van der Waals surface area contributed by atoms with Gasteiger partial charge in [0, 0.05) is 32.7 Å². The van der Waals surface area contributed by atoms with E-state index in [2.05, 4.69) is 156 Å². The summed E-state index contributed by atoms with van der Waals surface area (Å²) in [6.45, 7) is 17.9. The Morgan fingerprint density at radius 2 is 0.907 bits per heavy atom. The highest BCUT2D eigenvalue weighted by atomic mass is 15.1. The molecule has 0 saturated carbocycles. The summed E-state index contributed by atoms with van der Waals surface area (Å²) >= 11 is 0. The third kappa shape index (κ3) is 5.55. The van der Waals surface area contributed by atoms with Gasteiger partial charge in [-0.1, -0.05) is 91.8 Å². The maximum atomic E-state index is 10.6. The molecule has 54 heavy (non-hydrogen) atoms. The summed E-state index contributed by atoms with van der Waals surface area (Å²) in [5, 5.41) is 25.5.